The van der Waals surface area contributed by atoms with Gasteiger partial charge in [0.15, 0.2) is 11.6 Å². The number of halogens is 2. The highest BCUT2D eigenvalue weighted by Gasteiger charge is 2.17. The van der Waals surface area contributed by atoms with Crippen molar-refractivity contribution < 1.29 is 18.4 Å². The van der Waals surface area contributed by atoms with Crippen LogP contribution in [0.2, 0.25) is 0 Å². The number of nitro groups is 1. The van der Waals surface area contributed by atoms with Gasteiger partial charge in [-0.2, -0.15) is 5.26 Å². The van der Waals surface area contributed by atoms with E-state index in [1.54, 1.807) is 6.07 Å². The van der Waals surface area contributed by atoms with E-state index in [2.05, 4.69) is 0 Å². The second kappa shape index (κ2) is 5.54. The number of aryl methyl sites for hydroxylation is 1. The summed E-state index contributed by atoms with van der Waals surface area (Å²) < 4.78 is 32.0. The molecule has 5 nitrogen and oxygen atoms in total. The lowest BCUT2D eigenvalue weighted by Gasteiger charge is -2.09. The van der Waals surface area contributed by atoms with Gasteiger partial charge in [-0.1, -0.05) is 0 Å². The van der Waals surface area contributed by atoms with E-state index >= 15 is 0 Å². The van der Waals surface area contributed by atoms with Crippen molar-refractivity contribution in [2.24, 2.45) is 0 Å². The summed E-state index contributed by atoms with van der Waals surface area (Å²) in [6, 6.07) is 6.81. The van der Waals surface area contributed by atoms with E-state index in [0.29, 0.717) is 0 Å². The zero-order valence-corrected chi connectivity index (χ0v) is 10.8. The molecule has 0 unspecified atom stereocenters. The van der Waals surface area contributed by atoms with Crippen LogP contribution in [-0.2, 0) is 0 Å². The molecule has 0 fully saturated rings. The molecule has 0 radical (unpaired) electrons. The highest BCUT2D eigenvalue weighted by Crippen LogP contribution is 2.32. The largest absolute Gasteiger partial charge is 0.453 e. The van der Waals surface area contributed by atoms with Crippen molar-refractivity contribution in [3.05, 3.63) is 63.2 Å². The molecule has 2 aromatic rings. The van der Waals surface area contributed by atoms with Gasteiger partial charge in [-0.3, -0.25) is 10.1 Å². The van der Waals surface area contributed by atoms with E-state index in [9.17, 15) is 18.9 Å². The van der Waals surface area contributed by atoms with Crippen LogP contribution < -0.4 is 4.74 Å². The molecular weight excluding hydrogens is 282 g/mol. The predicted molar refractivity (Wildman–Crippen MR) is 69.0 cm³/mol. The minimum atomic E-state index is -0.944. The predicted octanol–water partition coefficient (Wildman–Crippen LogP) is 3.85. The molecule has 2 rings (SSSR count). The van der Waals surface area contributed by atoms with E-state index in [0.717, 1.165) is 24.3 Å². The van der Waals surface area contributed by atoms with Crippen LogP contribution in [0, 0.1) is 40.0 Å². The molecule has 0 aliphatic carbocycles. The van der Waals surface area contributed by atoms with E-state index in [1.165, 1.54) is 13.0 Å². The third-order valence-electron chi connectivity index (χ3n) is 2.73. The van der Waals surface area contributed by atoms with E-state index in [-0.39, 0.29) is 28.3 Å². The maximum atomic E-state index is 13.8. The van der Waals surface area contributed by atoms with Gasteiger partial charge < -0.3 is 4.74 Å². The normalized spacial score (nSPS) is 10.0. The van der Waals surface area contributed by atoms with Gasteiger partial charge in [0.25, 0.3) is 5.69 Å². The molecule has 0 spiro atoms. The van der Waals surface area contributed by atoms with Crippen molar-refractivity contribution in [3.8, 4) is 17.6 Å². The minimum absolute atomic E-state index is 0.0361. The van der Waals surface area contributed by atoms with Crippen LogP contribution >= 0.6 is 0 Å². The molecule has 0 bridgehead atoms. The first-order chi connectivity index (χ1) is 9.92. The maximum Gasteiger partial charge on any atom is 0.275 e. The Morgan fingerprint density at radius 2 is 1.95 bits per heavy atom. The van der Waals surface area contributed by atoms with E-state index in [1.807, 2.05) is 0 Å². The molecule has 0 aliphatic rings. The molecule has 2 aromatic carbocycles. The average molecular weight is 290 g/mol. The molecule has 0 heterocycles. The van der Waals surface area contributed by atoms with Crippen molar-refractivity contribution in [2.45, 2.75) is 6.92 Å². The number of ether oxygens (including phenoxy) is 1. The lowest BCUT2D eigenvalue weighted by molar-refractivity contribution is -0.385. The second-order valence-electron chi connectivity index (χ2n) is 4.18. The number of rotatable bonds is 3. The summed E-state index contributed by atoms with van der Waals surface area (Å²) in [4.78, 5) is 9.99. The molecule has 0 aromatic heterocycles. The Morgan fingerprint density at radius 1 is 1.24 bits per heavy atom. The zero-order chi connectivity index (χ0) is 15.6. The summed E-state index contributed by atoms with van der Waals surface area (Å²) in [7, 11) is 0. The Hall–Kier alpha value is -3.01. The average Bonchev–Trinajstić information content (AvgIpc) is 2.43. The number of nitrogens with zero attached hydrogens (tertiary/aromatic N) is 2. The lowest BCUT2D eigenvalue weighted by atomic mass is 10.2. The van der Waals surface area contributed by atoms with Gasteiger partial charge in [0.05, 0.1) is 16.6 Å². The van der Waals surface area contributed by atoms with Gasteiger partial charge in [0.2, 0.25) is 0 Å². The van der Waals surface area contributed by atoms with Gasteiger partial charge in [-0.25, -0.2) is 8.78 Å². The van der Waals surface area contributed by atoms with E-state index < -0.39 is 16.6 Å². The van der Waals surface area contributed by atoms with Crippen molar-refractivity contribution in [3.63, 3.8) is 0 Å². The third-order valence-corrected chi connectivity index (χ3v) is 2.73. The Balaban J connectivity index is 2.44. The van der Waals surface area contributed by atoms with Gasteiger partial charge in [-0.15, -0.1) is 0 Å². The molecule has 106 valence electrons. The molecule has 0 saturated carbocycles. The summed E-state index contributed by atoms with van der Waals surface area (Å²) in [5.41, 5.74) is -0.276. The topological polar surface area (TPSA) is 76.2 Å². The molecule has 0 N–H and O–H groups in total. The second-order valence-corrected chi connectivity index (χ2v) is 4.18. The maximum absolute atomic E-state index is 13.8. The smallest absolute Gasteiger partial charge is 0.275 e. The number of benzene rings is 2. The highest BCUT2D eigenvalue weighted by molar-refractivity contribution is 5.49. The van der Waals surface area contributed by atoms with Gasteiger partial charge in [0.1, 0.15) is 17.6 Å². The molecule has 0 aliphatic heterocycles. The molecule has 7 heteroatoms. The first-order valence-corrected chi connectivity index (χ1v) is 5.74. The number of hydrogen-bond donors (Lipinski definition) is 0. The van der Waals surface area contributed by atoms with Crippen LogP contribution in [0.15, 0.2) is 30.3 Å². The molecule has 0 amide bonds. The van der Waals surface area contributed by atoms with Gasteiger partial charge in [-0.05, 0) is 31.2 Å². The fraction of sp³-hybridized carbons (Fsp3) is 0.0714. The standard InChI is InChI=1S/C14H8F2N2O3/c1-8-4-14(11(16)6-12(8)18(19)20)21-13-3-2-10(15)5-9(13)7-17/h2-6H,1H3. The highest BCUT2D eigenvalue weighted by atomic mass is 19.1. The Labute approximate surface area is 118 Å². The molecule has 0 atom stereocenters. The summed E-state index contributed by atoms with van der Waals surface area (Å²) in [5.74, 6) is -1.88. The first kappa shape index (κ1) is 14.4. The number of nitro benzene ring substituents is 1. The van der Waals surface area contributed by atoms with Crippen molar-refractivity contribution in [1.82, 2.24) is 0 Å². The number of hydrogen-bond acceptors (Lipinski definition) is 4. The Kier molecular flexibility index (Phi) is 3.80. The molecule has 0 saturated heterocycles. The summed E-state index contributed by atoms with van der Waals surface area (Å²) in [6.07, 6.45) is 0. The van der Waals surface area contributed by atoms with Crippen LogP contribution in [0.5, 0.6) is 11.5 Å². The van der Waals surface area contributed by atoms with Crippen LogP contribution in [0.4, 0.5) is 14.5 Å². The zero-order valence-electron chi connectivity index (χ0n) is 10.8. The third kappa shape index (κ3) is 2.95. The fourth-order valence-electron chi connectivity index (χ4n) is 1.72. The number of nitriles is 1. The SMILES string of the molecule is Cc1cc(Oc2ccc(F)cc2C#N)c(F)cc1[N+](=O)[O-]. The monoisotopic (exact) mass is 290 g/mol. The summed E-state index contributed by atoms with van der Waals surface area (Å²) in [6.45, 7) is 1.43. The molecular formula is C14H8F2N2O3. The van der Waals surface area contributed by atoms with E-state index in [4.69, 9.17) is 10.00 Å². The summed E-state index contributed by atoms with van der Waals surface area (Å²) >= 11 is 0. The van der Waals surface area contributed by atoms with Crippen molar-refractivity contribution in [2.75, 3.05) is 0 Å². The van der Waals surface area contributed by atoms with Crippen LogP contribution in [-0.4, -0.2) is 4.92 Å². The molecule has 21 heavy (non-hydrogen) atoms. The minimum Gasteiger partial charge on any atom is -0.453 e. The van der Waals surface area contributed by atoms with Crippen LogP contribution in [0.1, 0.15) is 11.1 Å². The fourth-order valence-corrected chi connectivity index (χ4v) is 1.72. The Morgan fingerprint density at radius 3 is 2.57 bits per heavy atom. The lowest BCUT2D eigenvalue weighted by Crippen LogP contribution is -1.97. The van der Waals surface area contributed by atoms with Gasteiger partial charge >= 0.3 is 0 Å². The quantitative estimate of drug-likeness (QED) is 0.635. The van der Waals surface area contributed by atoms with Crippen molar-refractivity contribution >= 4 is 5.69 Å². The van der Waals surface area contributed by atoms with Crippen molar-refractivity contribution in [1.29, 1.82) is 5.26 Å². The Bertz CT molecular complexity index is 770. The first-order valence-electron chi connectivity index (χ1n) is 5.74. The van der Waals surface area contributed by atoms with Gasteiger partial charge in [0, 0.05) is 5.56 Å². The van der Waals surface area contributed by atoms with Crippen LogP contribution in [0.25, 0.3) is 0 Å². The van der Waals surface area contributed by atoms with Crippen LogP contribution in [0.3, 0.4) is 0 Å². The summed E-state index contributed by atoms with van der Waals surface area (Å²) in [5, 5.41) is 19.6.